The zero-order valence-corrected chi connectivity index (χ0v) is 25.4. The number of amides is 1. The summed E-state index contributed by atoms with van der Waals surface area (Å²) in [5, 5.41) is 0.891. The molecule has 226 valence electrons. The molecular formula is C34H31N7O3S. The number of benzene rings is 1. The molecule has 1 amide bonds. The molecule has 3 N–H and O–H groups in total. The molecule has 0 unspecified atom stereocenters. The van der Waals surface area contributed by atoms with Crippen LogP contribution in [0.5, 0.6) is 0 Å². The molecule has 3 atom stereocenters. The maximum atomic E-state index is 13.7. The zero-order chi connectivity index (χ0) is 30.9. The van der Waals surface area contributed by atoms with Gasteiger partial charge in [-0.15, -0.1) is 0 Å². The van der Waals surface area contributed by atoms with E-state index in [0.29, 0.717) is 29.9 Å². The van der Waals surface area contributed by atoms with Gasteiger partial charge < -0.3 is 15.6 Å². The van der Waals surface area contributed by atoms with Crippen molar-refractivity contribution in [1.29, 1.82) is 0 Å². The number of aromatic nitrogens is 5. The molecule has 0 radical (unpaired) electrons. The van der Waals surface area contributed by atoms with Crippen LogP contribution >= 0.6 is 0 Å². The van der Waals surface area contributed by atoms with Gasteiger partial charge in [-0.2, -0.15) is 0 Å². The maximum Gasteiger partial charge on any atom is 0.270 e. The van der Waals surface area contributed by atoms with Crippen LogP contribution in [0, 0.1) is 0 Å². The Balaban J connectivity index is 1.16. The molecule has 11 heteroatoms. The number of carbonyl (C=O) groups is 1. The highest BCUT2D eigenvalue weighted by Gasteiger charge is 2.46. The molecule has 1 aromatic carbocycles. The first-order valence-corrected chi connectivity index (χ1v) is 16.9. The molecule has 8 rings (SSSR count). The van der Waals surface area contributed by atoms with Crippen LogP contribution in [0.15, 0.2) is 90.3 Å². The van der Waals surface area contributed by atoms with Crippen LogP contribution < -0.4 is 5.73 Å². The number of hydrogen-bond acceptors (Lipinski definition) is 7. The fourth-order valence-electron chi connectivity index (χ4n) is 7.31. The summed E-state index contributed by atoms with van der Waals surface area (Å²) >= 11 is 0. The average Bonchev–Trinajstić information content (AvgIpc) is 3.74. The summed E-state index contributed by atoms with van der Waals surface area (Å²) < 4.78 is 28.1. The summed E-state index contributed by atoms with van der Waals surface area (Å²) in [4.78, 5) is 33.0. The molecule has 2 bridgehead atoms. The van der Waals surface area contributed by atoms with E-state index in [-0.39, 0.29) is 34.6 Å². The van der Waals surface area contributed by atoms with Crippen LogP contribution in [-0.4, -0.2) is 61.9 Å². The van der Waals surface area contributed by atoms with Gasteiger partial charge in [0.15, 0.2) is 9.84 Å². The van der Waals surface area contributed by atoms with Crippen molar-refractivity contribution >= 4 is 38.1 Å². The number of anilines is 1. The molecule has 2 aliphatic rings. The van der Waals surface area contributed by atoms with Gasteiger partial charge in [0.05, 0.1) is 11.4 Å². The van der Waals surface area contributed by atoms with Crippen molar-refractivity contribution in [2.45, 2.75) is 48.6 Å². The quantitative estimate of drug-likeness (QED) is 0.261. The van der Waals surface area contributed by atoms with Gasteiger partial charge in [-0.05, 0) is 49.9 Å². The number of nitrogens with two attached hydrogens (primary N) is 1. The molecule has 10 nitrogen and oxygen atoms in total. The molecular weight excluding hydrogens is 586 g/mol. The van der Waals surface area contributed by atoms with Crippen molar-refractivity contribution in [2.24, 2.45) is 0 Å². The lowest BCUT2D eigenvalue weighted by molar-refractivity contribution is 0.0563. The lowest BCUT2D eigenvalue weighted by Crippen LogP contribution is -2.46. The molecule has 0 spiro atoms. The minimum absolute atomic E-state index is 0.0292. The monoisotopic (exact) mass is 617 g/mol. The molecule has 0 saturated carbocycles. The topological polar surface area (TPSA) is 139 Å². The van der Waals surface area contributed by atoms with Crippen molar-refractivity contribution in [3.05, 3.63) is 96.8 Å². The van der Waals surface area contributed by atoms with Gasteiger partial charge in [0.2, 0.25) is 0 Å². The Morgan fingerprint density at radius 2 is 1.76 bits per heavy atom. The Labute approximate surface area is 259 Å². The fourth-order valence-corrected chi connectivity index (χ4v) is 8.38. The molecule has 5 aromatic heterocycles. The maximum absolute atomic E-state index is 13.7. The standard InChI is InChI=1S/C34H31N7O3S/c1-45(43,44)31-30(22-15-24-8-9-25(16-22)41(24)34(42)29-17-23-18-36-13-11-28(23)38-29)39-33-26(12-14-40(33)32(31)35)21-7-10-27(37-19-21)20-5-3-2-4-6-20/h2-7,10-14,17-19,22,24-25,38H,8-9,15-16,35H2,1H3/t22-,24-,25+. The van der Waals surface area contributed by atoms with Gasteiger partial charge in [0.25, 0.3) is 5.91 Å². The lowest BCUT2D eigenvalue weighted by Gasteiger charge is -2.39. The van der Waals surface area contributed by atoms with Crippen molar-refractivity contribution in [2.75, 3.05) is 12.0 Å². The van der Waals surface area contributed by atoms with Gasteiger partial charge >= 0.3 is 0 Å². The first-order valence-electron chi connectivity index (χ1n) is 15.0. The third-order valence-corrected chi connectivity index (χ3v) is 10.5. The number of nitrogens with one attached hydrogen (secondary N) is 1. The first kappa shape index (κ1) is 27.5. The Morgan fingerprint density at radius 1 is 0.978 bits per heavy atom. The average molecular weight is 618 g/mol. The van der Waals surface area contributed by atoms with E-state index in [0.717, 1.165) is 46.1 Å². The van der Waals surface area contributed by atoms with Crippen LogP contribution in [0.1, 0.15) is 47.8 Å². The molecule has 2 fully saturated rings. The molecule has 2 saturated heterocycles. The number of fused-ring (bicyclic) bond motifs is 4. The number of aromatic amines is 1. The Hall–Kier alpha value is -5.03. The molecule has 7 heterocycles. The summed E-state index contributed by atoms with van der Waals surface area (Å²) in [7, 11) is -3.71. The Morgan fingerprint density at radius 3 is 2.44 bits per heavy atom. The van der Waals surface area contributed by atoms with Crippen LogP contribution in [0.2, 0.25) is 0 Å². The number of sulfone groups is 1. The number of rotatable bonds is 5. The predicted octanol–water partition coefficient (Wildman–Crippen LogP) is 5.48. The second-order valence-electron chi connectivity index (χ2n) is 12.1. The minimum Gasteiger partial charge on any atom is -0.384 e. The Bertz CT molecular complexity index is 2160. The summed E-state index contributed by atoms with van der Waals surface area (Å²) in [5.74, 6) is -0.0595. The van der Waals surface area contributed by atoms with Crippen LogP contribution in [0.3, 0.4) is 0 Å². The van der Waals surface area contributed by atoms with Gasteiger partial charge in [0, 0.05) is 76.6 Å². The molecule has 0 aliphatic carbocycles. The van der Waals surface area contributed by atoms with Gasteiger partial charge in [-0.1, -0.05) is 36.4 Å². The number of nitrogens with zero attached hydrogens (tertiary/aromatic N) is 5. The number of pyridine rings is 2. The van der Waals surface area contributed by atoms with E-state index in [9.17, 15) is 13.2 Å². The highest BCUT2D eigenvalue weighted by Crippen LogP contribution is 2.46. The molecule has 45 heavy (non-hydrogen) atoms. The summed E-state index contributed by atoms with van der Waals surface area (Å²) in [6, 6.07) is 19.5. The number of nitrogen functional groups attached to an aromatic ring is 1. The number of hydrogen-bond donors (Lipinski definition) is 2. The molecule has 6 aromatic rings. The van der Waals surface area contributed by atoms with Crippen molar-refractivity contribution in [3.63, 3.8) is 0 Å². The normalized spacial score (nSPS) is 19.8. The largest absolute Gasteiger partial charge is 0.384 e. The molecule has 2 aliphatic heterocycles. The van der Waals surface area contributed by atoms with E-state index in [1.807, 2.05) is 71.8 Å². The van der Waals surface area contributed by atoms with Crippen molar-refractivity contribution in [3.8, 4) is 22.4 Å². The summed E-state index contributed by atoms with van der Waals surface area (Å²) in [5.41, 5.74) is 12.7. The fraction of sp³-hybridized carbons (Fsp3) is 0.235. The van der Waals surface area contributed by atoms with E-state index in [1.165, 1.54) is 6.26 Å². The van der Waals surface area contributed by atoms with Crippen LogP contribution in [0.4, 0.5) is 5.82 Å². The van der Waals surface area contributed by atoms with Crippen LogP contribution in [0.25, 0.3) is 38.9 Å². The van der Waals surface area contributed by atoms with E-state index in [4.69, 9.17) is 10.7 Å². The SMILES string of the molecule is CS(=O)(=O)c1c([C@@H]2C[C@H]3CC[C@@H](C2)N3C(=O)c2cc3cnccc3[nH]2)nc2c(-c3ccc(-c4ccccc4)nc3)ccn2c1N. The highest BCUT2D eigenvalue weighted by molar-refractivity contribution is 7.91. The van der Waals surface area contributed by atoms with E-state index in [2.05, 4.69) is 15.0 Å². The van der Waals surface area contributed by atoms with E-state index < -0.39 is 9.84 Å². The second-order valence-corrected chi connectivity index (χ2v) is 14.1. The van der Waals surface area contributed by atoms with Gasteiger partial charge in [0.1, 0.15) is 22.1 Å². The lowest BCUT2D eigenvalue weighted by atomic mass is 9.87. The Kier molecular flexibility index (Phi) is 6.28. The first-order chi connectivity index (χ1) is 21.8. The minimum atomic E-state index is -3.71. The zero-order valence-electron chi connectivity index (χ0n) is 24.6. The second kappa shape index (κ2) is 10.3. The van der Waals surface area contributed by atoms with E-state index in [1.54, 1.807) is 23.0 Å². The number of piperidine rings is 1. The van der Waals surface area contributed by atoms with Gasteiger partial charge in [-0.25, -0.2) is 13.4 Å². The summed E-state index contributed by atoms with van der Waals surface area (Å²) in [6.07, 6.45) is 11.1. The highest BCUT2D eigenvalue weighted by atomic mass is 32.2. The van der Waals surface area contributed by atoms with Gasteiger partial charge in [-0.3, -0.25) is 19.2 Å². The summed E-state index contributed by atoms with van der Waals surface area (Å²) in [6.45, 7) is 0. The number of carbonyl (C=O) groups excluding carboxylic acids is 1. The van der Waals surface area contributed by atoms with E-state index >= 15 is 0 Å². The van der Waals surface area contributed by atoms with Crippen molar-refractivity contribution in [1.82, 2.24) is 29.2 Å². The smallest absolute Gasteiger partial charge is 0.270 e. The predicted molar refractivity (Wildman–Crippen MR) is 172 cm³/mol. The van der Waals surface area contributed by atoms with Crippen molar-refractivity contribution < 1.29 is 13.2 Å². The third kappa shape index (κ3) is 4.57. The number of H-pyrrole nitrogens is 1. The third-order valence-electron chi connectivity index (χ3n) is 9.33. The van der Waals surface area contributed by atoms with Crippen LogP contribution in [-0.2, 0) is 9.84 Å².